The summed E-state index contributed by atoms with van der Waals surface area (Å²) >= 11 is 0. The minimum atomic E-state index is -0.403. The number of hydrogen-bond acceptors (Lipinski definition) is 3. The normalized spacial score (nSPS) is 44.4. The van der Waals surface area contributed by atoms with E-state index in [1.807, 2.05) is 6.08 Å². The molecule has 3 rings (SSSR count). The quantitative estimate of drug-likeness (QED) is 0.474. The molecule has 3 heterocycles. The van der Waals surface area contributed by atoms with Gasteiger partial charge in [-0.25, -0.2) is 0 Å². The first kappa shape index (κ1) is 6.17. The summed E-state index contributed by atoms with van der Waals surface area (Å²) in [6.07, 6.45) is 5.28. The van der Waals surface area contributed by atoms with Crippen LogP contribution in [-0.4, -0.2) is 31.2 Å². The fourth-order valence-corrected chi connectivity index (χ4v) is 2.02. The van der Waals surface area contributed by atoms with Gasteiger partial charge < -0.3 is 14.2 Å². The highest BCUT2D eigenvalue weighted by molar-refractivity contribution is 5.16. The summed E-state index contributed by atoms with van der Waals surface area (Å²) in [5.41, 5.74) is 0. The Morgan fingerprint density at radius 2 is 2.00 bits per heavy atom. The van der Waals surface area contributed by atoms with Gasteiger partial charge in [0.1, 0.15) is 6.10 Å². The standard InChI is InChI=1S/C8H10O3/c1-2-7-8(5-6(1)11-7)9-3-4-10-8/h1-2,6-7H,3-5H2/t6-,7+/m0/s1. The zero-order valence-corrected chi connectivity index (χ0v) is 6.16. The molecular formula is C8H10O3. The van der Waals surface area contributed by atoms with Gasteiger partial charge in [0.25, 0.3) is 0 Å². The molecule has 3 aliphatic rings. The molecule has 0 amide bonds. The molecule has 2 fully saturated rings. The maximum atomic E-state index is 5.55. The number of ether oxygens (including phenoxy) is 3. The van der Waals surface area contributed by atoms with Crippen LogP contribution in [0.3, 0.4) is 0 Å². The molecule has 3 heteroatoms. The van der Waals surface area contributed by atoms with Crippen molar-refractivity contribution in [3.8, 4) is 0 Å². The molecule has 0 aliphatic carbocycles. The molecule has 0 N–H and O–H groups in total. The molecule has 11 heavy (non-hydrogen) atoms. The topological polar surface area (TPSA) is 27.7 Å². The van der Waals surface area contributed by atoms with Crippen molar-refractivity contribution in [1.82, 2.24) is 0 Å². The third kappa shape index (κ3) is 0.682. The molecular weight excluding hydrogens is 144 g/mol. The SMILES string of the molecule is C1=C[C@H]2O[C@@H]1CC21OCCO1. The summed E-state index contributed by atoms with van der Waals surface area (Å²) in [5, 5.41) is 0. The fraction of sp³-hybridized carbons (Fsp3) is 0.750. The Labute approximate surface area is 64.9 Å². The van der Waals surface area contributed by atoms with Gasteiger partial charge in [-0.1, -0.05) is 12.2 Å². The van der Waals surface area contributed by atoms with Crippen LogP contribution in [0.15, 0.2) is 12.2 Å². The monoisotopic (exact) mass is 154 g/mol. The van der Waals surface area contributed by atoms with Gasteiger partial charge in [-0.2, -0.15) is 0 Å². The Balaban J connectivity index is 1.94. The van der Waals surface area contributed by atoms with E-state index in [0.717, 1.165) is 6.42 Å². The van der Waals surface area contributed by atoms with Crippen LogP contribution in [-0.2, 0) is 14.2 Å². The minimum Gasteiger partial charge on any atom is -0.361 e. The molecule has 2 atom stereocenters. The first-order chi connectivity index (χ1) is 5.39. The van der Waals surface area contributed by atoms with Crippen LogP contribution < -0.4 is 0 Å². The summed E-state index contributed by atoms with van der Waals surface area (Å²) < 4.78 is 16.6. The van der Waals surface area contributed by atoms with Crippen molar-refractivity contribution in [2.45, 2.75) is 24.4 Å². The second kappa shape index (κ2) is 1.86. The summed E-state index contributed by atoms with van der Waals surface area (Å²) in [6.45, 7) is 1.42. The number of hydrogen-bond donors (Lipinski definition) is 0. The molecule has 1 spiro atoms. The van der Waals surface area contributed by atoms with Gasteiger partial charge in [-0.05, 0) is 0 Å². The Morgan fingerprint density at radius 1 is 1.18 bits per heavy atom. The maximum Gasteiger partial charge on any atom is 0.201 e. The lowest BCUT2D eigenvalue weighted by Gasteiger charge is -2.25. The van der Waals surface area contributed by atoms with Crippen molar-refractivity contribution < 1.29 is 14.2 Å². The highest BCUT2D eigenvalue weighted by Gasteiger charge is 2.54. The average molecular weight is 154 g/mol. The summed E-state index contributed by atoms with van der Waals surface area (Å²) in [7, 11) is 0. The van der Waals surface area contributed by atoms with Crippen LogP contribution in [0.5, 0.6) is 0 Å². The summed E-state index contributed by atoms with van der Waals surface area (Å²) in [5.74, 6) is -0.403. The number of fused-ring (bicyclic) bond motifs is 3. The fourth-order valence-electron chi connectivity index (χ4n) is 2.02. The van der Waals surface area contributed by atoms with Crippen molar-refractivity contribution in [3.63, 3.8) is 0 Å². The van der Waals surface area contributed by atoms with Crippen molar-refractivity contribution in [1.29, 1.82) is 0 Å². The van der Waals surface area contributed by atoms with Crippen molar-refractivity contribution in [2.75, 3.05) is 13.2 Å². The second-order valence-corrected chi connectivity index (χ2v) is 3.19. The predicted molar refractivity (Wildman–Crippen MR) is 37.1 cm³/mol. The lowest BCUT2D eigenvalue weighted by Crippen LogP contribution is -2.38. The lowest BCUT2D eigenvalue weighted by atomic mass is 10.0. The van der Waals surface area contributed by atoms with Crippen LogP contribution in [0.25, 0.3) is 0 Å². The van der Waals surface area contributed by atoms with E-state index in [1.165, 1.54) is 0 Å². The van der Waals surface area contributed by atoms with Crippen LogP contribution in [0.4, 0.5) is 0 Å². The molecule has 60 valence electrons. The van der Waals surface area contributed by atoms with Crippen molar-refractivity contribution in [2.24, 2.45) is 0 Å². The Morgan fingerprint density at radius 3 is 2.55 bits per heavy atom. The molecule has 0 unspecified atom stereocenters. The van der Waals surface area contributed by atoms with E-state index in [0.29, 0.717) is 13.2 Å². The molecule has 0 saturated carbocycles. The lowest BCUT2D eigenvalue weighted by molar-refractivity contribution is -0.175. The average Bonchev–Trinajstić information content (AvgIpc) is 2.64. The van der Waals surface area contributed by atoms with Crippen LogP contribution >= 0.6 is 0 Å². The van der Waals surface area contributed by atoms with E-state index in [9.17, 15) is 0 Å². The molecule has 2 bridgehead atoms. The summed E-state index contributed by atoms with van der Waals surface area (Å²) in [4.78, 5) is 0. The molecule has 3 nitrogen and oxygen atoms in total. The van der Waals surface area contributed by atoms with Gasteiger partial charge in [0.2, 0.25) is 5.79 Å². The van der Waals surface area contributed by atoms with E-state index in [1.54, 1.807) is 0 Å². The van der Waals surface area contributed by atoms with Crippen LogP contribution in [0.1, 0.15) is 6.42 Å². The van der Waals surface area contributed by atoms with E-state index in [2.05, 4.69) is 6.08 Å². The van der Waals surface area contributed by atoms with Crippen molar-refractivity contribution in [3.05, 3.63) is 12.2 Å². The Bertz CT molecular complexity index is 205. The van der Waals surface area contributed by atoms with Gasteiger partial charge in [-0.3, -0.25) is 0 Å². The van der Waals surface area contributed by atoms with Crippen LogP contribution in [0, 0.1) is 0 Å². The summed E-state index contributed by atoms with van der Waals surface area (Å²) in [6, 6.07) is 0. The van der Waals surface area contributed by atoms with Gasteiger partial charge in [0, 0.05) is 6.42 Å². The highest BCUT2D eigenvalue weighted by atomic mass is 16.8. The molecule has 0 aromatic rings. The third-order valence-electron chi connectivity index (χ3n) is 2.52. The molecule has 0 aromatic carbocycles. The predicted octanol–water partition coefficient (Wildman–Crippen LogP) is 0.457. The maximum absolute atomic E-state index is 5.55. The molecule has 3 aliphatic heterocycles. The van der Waals surface area contributed by atoms with Gasteiger partial charge in [0.15, 0.2) is 0 Å². The smallest absolute Gasteiger partial charge is 0.201 e. The van der Waals surface area contributed by atoms with E-state index in [-0.39, 0.29) is 12.2 Å². The minimum absolute atomic E-state index is 0.0509. The zero-order valence-electron chi connectivity index (χ0n) is 6.16. The van der Waals surface area contributed by atoms with Gasteiger partial charge >= 0.3 is 0 Å². The first-order valence-corrected chi connectivity index (χ1v) is 4.01. The van der Waals surface area contributed by atoms with Crippen molar-refractivity contribution >= 4 is 0 Å². The molecule has 2 saturated heterocycles. The third-order valence-corrected chi connectivity index (χ3v) is 2.52. The van der Waals surface area contributed by atoms with E-state index >= 15 is 0 Å². The highest BCUT2D eigenvalue weighted by Crippen LogP contribution is 2.42. The van der Waals surface area contributed by atoms with Gasteiger partial charge in [0.05, 0.1) is 19.3 Å². The van der Waals surface area contributed by atoms with Gasteiger partial charge in [-0.15, -0.1) is 0 Å². The Kier molecular flexibility index (Phi) is 1.04. The largest absolute Gasteiger partial charge is 0.361 e. The first-order valence-electron chi connectivity index (χ1n) is 4.01. The Hall–Kier alpha value is -0.380. The molecule has 0 radical (unpaired) electrons. The number of rotatable bonds is 0. The zero-order chi connectivity index (χ0) is 7.31. The van der Waals surface area contributed by atoms with E-state index in [4.69, 9.17) is 14.2 Å². The van der Waals surface area contributed by atoms with Crippen LogP contribution in [0.2, 0.25) is 0 Å². The second-order valence-electron chi connectivity index (χ2n) is 3.19. The molecule has 0 aromatic heterocycles. The van der Waals surface area contributed by atoms with E-state index < -0.39 is 5.79 Å².